The molecule has 0 spiro atoms. The van der Waals surface area contributed by atoms with Crippen LogP contribution in [0, 0.1) is 0 Å². The monoisotopic (exact) mass is 804 g/mol. The maximum Gasteiger partial charge on any atom is 0.143 e. The lowest BCUT2D eigenvalue weighted by Gasteiger charge is -2.26. The summed E-state index contributed by atoms with van der Waals surface area (Å²) in [6.45, 7) is 0. The van der Waals surface area contributed by atoms with Crippen molar-refractivity contribution in [2.24, 2.45) is 0 Å². The molecule has 63 heavy (non-hydrogen) atoms. The Bertz CT molecular complexity index is 3570. The normalized spacial score (nSPS) is 11.5. The van der Waals surface area contributed by atoms with E-state index in [2.05, 4.69) is 246 Å². The quantitative estimate of drug-likeness (QED) is 0.153. The predicted octanol–water partition coefficient (Wildman–Crippen LogP) is 16.8. The van der Waals surface area contributed by atoms with Gasteiger partial charge in [0.05, 0.1) is 11.0 Å². The number of fused-ring (bicyclic) bond motifs is 6. The third-order valence-corrected chi connectivity index (χ3v) is 12.4. The molecule has 2 aromatic heterocycles. The Kier molecular flexibility index (Phi) is 8.83. The summed E-state index contributed by atoms with van der Waals surface area (Å²) in [6, 6.07) is 86.9. The van der Waals surface area contributed by atoms with Gasteiger partial charge in [0.2, 0.25) is 0 Å². The highest BCUT2D eigenvalue weighted by Gasteiger charge is 2.18. The number of nitrogens with zero attached hydrogens (tertiary/aromatic N) is 2. The summed E-state index contributed by atoms with van der Waals surface area (Å²) in [5, 5.41) is 4.73. The fraction of sp³-hybridized carbons (Fsp3) is 0. The lowest BCUT2D eigenvalue weighted by molar-refractivity contribution is 0.671. The maximum absolute atomic E-state index is 6.79. The van der Waals surface area contributed by atoms with Gasteiger partial charge in [-0.2, -0.15) is 0 Å². The molecule has 12 aromatic rings. The van der Waals surface area contributed by atoms with Crippen LogP contribution in [0.3, 0.4) is 0 Å². The van der Waals surface area contributed by atoms with Gasteiger partial charge < -0.3 is 13.9 Å². The van der Waals surface area contributed by atoms with Gasteiger partial charge in [-0.25, -0.2) is 0 Å². The Morgan fingerprint density at radius 2 is 0.698 bits per heavy atom. The van der Waals surface area contributed by atoms with Crippen molar-refractivity contribution in [2.45, 2.75) is 0 Å². The predicted molar refractivity (Wildman–Crippen MR) is 264 cm³/mol. The minimum Gasteiger partial charge on any atom is -0.455 e. The average molecular weight is 805 g/mol. The van der Waals surface area contributed by atoms with E-state index in [0.717, 1.165) is 66.9 Å². The molecule has 0 aliphatic heterocycles. The van der Waals surface area contributed by atoms with Crippen molar-refractivity contribution in [3.8, 4) is 50.2 Å². The molecule has 0 saturated carbocycles. The molecular weight excluding hydrogens is 765 g/mol. The summed E-state index contributed by atoms with van der Waals surface area (Å²) in [5.41, 5.74) is 17.8. The van der Waals surface area contributed by atoms with E-state index in [-0.39, 0.29) is 0 Å². The first-order valence-electron chi connectivity index (χ1n) is 21.5. The minimum absolute atomic E-state index is 0.899. The summed E-state index contributed by atoms with van der Waals surface area (Å²) in [7, 11) is 0. The number of furan rings is 1. The Morgan fingerprint density at radius 3 is 1.29 bits per heavy atom. The van der Waals surface area contributed by atoms with Crippen molar-refractivity contribution in [3.63, 3.8) is 0 Å². The third kappa shape index (κ3) is 6.38. The molecule has 296 valence electrons. The zero-order chi connectivity index (χ0) is 41.7. The second-order valence-electron chi connectivity index (χ2n) is 16.1. The molecule has 0 N–H and O–H groups in total. The van der Waals surface area contributed by atoms with Crippen molar-refractivity contribution in [2.75, 3.05) is 4.90 Å². The van der Waals surface area contributed by atoms with Gasteiger partial charge in [0.25, 0.3) is 0 Å². The number of rotatable bonds is 8. The SMILES string of the molecule is c1ccc(-c2ccc(N(c3ccc(-c4ccc5c(c4)c4ccccc4n5-c4ccccc4)cc3)c3ccc(-c4cccc5c4oc4c(-c6ccccc6)cccc45)cc3)cc2)cc1. The Morgan fingerprint density at radius 1 is 0.286 bits per heavy atom. The maximum atomic E-state index is 6.79. The van der Waals surface area contributed by atoms with Crippen LogP contribution >= 0.6 is 0 Å². The van der Waals surface area contributed by atoms with Crippen molar-refractivity contribution in [1.29, 1.82) is 0 Å². The summed E-state index contributed by atoms with van der Waals surface area (Å²) in [5.74, 6) is 0. The summed E-state index contributed by atoms with van der Waals surface area (Å²) < 4.78 is 9.15. The molecule has 2 heterocycles. The smallest absolute Gasteiger partial charge is 0.143 e. The second-order valence-corrected chi connectivity index (χ2v) is 16.1. The number of aromatic nitrogens is 1. The Balaban J connectivity index is 0.928. The van der Waals surface area contributed by atoms with Crippen molar-refractivity contribution in [3.05, 3.63) is 243 Å². The van der Waals surface area contributed by atoms with E-state index in [1.807, 2.05) is 6.07 Å². The lowest BCUT2D eigenvalue weighted by atomic mass is 9.99. The van der Waals surface area contributed by atoms with Gasteiger partial charge in [0.15, 0.2) is 0 Å². The number of benzene rings is 10. The largest absolute Gasteiger partial charge is 0.455 e. The van der Waals surface area contributed by atoms with E-state index < -0.39 is 0 Å². The standard InChI is InChI=1S/C60H40N2O/c1-4-14-41(15-5-1)42-26-33-48(34-27-42)61(49-35-28-43(29-36-49)46-32-39-58-56(40-46)53-20-10-11-25-57(53)62(58)47-18-8-3-9-19-47)50-37-30-45(31-38-50)52-22-13-24-55-54-23-12-21-51(59(54)63-60(52)55)44-16-6-2-7-17-44/h1-40H. The van der Waals surface area contributed by atoms with Gasteiger partial charge in [0, 0.05) is 55.4 Å². The van der Waals surface area contributed by atoms with E-state index in [1.165, 1.54) is 44.1 Å². The van der Waals surface area contributed by atoms with Crippen LogP contribution in [-0.4, -0.2) is 4.57 Å². The molecule has 3 heteroatoms. The molecule has 0 radical (unpaired) electrons. The van der Waals surface area contributed by atoms with Gasteiger partial charge in [-0.3, -0.25) is 0 Å². The average Bonchev–Trinajstić information content (AvgIpc) is 3.91. The lowest BCUT2D eigenvalue weighted by Crippen LogP contribution is -2.09. The minimum atomic E-state index is 0.899. The molecule has 0 saturated heterocycles. The third-order valence-electron chi connectivity index (χ3n) is 12.4. The van der Waals surface area contributed by atoms with Gasteiger partial charge >= 0.3 is 0 Å². The van der Waals surface area contributed by atoms with E-state index in [4.69, 9.17) is 4.42 Å². The van der Waals surface area contributed by atoms with Crippen molar-refractivity contribution in [1.82, 2.24) is 4.57 Å². The van der Waals surface area contributed by atoms with Crippen LogP contribution < -0.4 is 4.90 Å². The summed E-state index contributed by atoms with van der Waals surface area (Å²) >= 11 is 0. The van der Waals surface area contributed by atoms with Crippen LogP contribution in [0.1, 0.15) is 0 Å². The number of hydrogen-bond acceptors (Lipinski definition) is 2. The molecule has 0 fully saturated rings. The molecule has 0 aliphatic rings. The van der Waals surface area contributed by atoms with Crippen molar-refractivity contribution >= 4 is 60.8 Å². The van der Waals surface area contributed by atoms with Gasteiger partial charge in [-0.1, -0.05) is 176 Å². The fourth-order valence-corrected chi connectivity index (χ4v) is 9.37. The van der Waals surface area contributed by atoms with E-state index in [1.54, 1.807) is 0 Å². The molecule has 0 bridgehead atoms. The summed E-state index contributed by atoms with van der Waals surface area (Å²) in [4.78, 5) is 2.34. The van der Waals surface area contributed by atoms with Crippen LogP contribution in [0.5, 0.6) is 0 Å². The van der Waals surface area contributed by atoms with Crippen LogP contribution in [-0.2, 0) is 0 Å². The molecular formula is C60H40N2O. The highest BCUT2D eigenvalue weighted by molar-refractivity contribution is 6.13. The fourth-order valence-electron chi connectivity index (χ4n) is 9.37. The first kappa shape index (κ1) is 36.5. The Hall–Kier alpha value is -8.40. The molecule has 0 unspecified atom stereocenters. The first-order valence-corrected chi connectivity index (χ1v) is 21.5. The highest BCUT2D eigenvalue weighted by atomic mass is 16.3. The highest BCUT2D eigenvalue weighted by Crippen LogP contribution is 2.42. The van der Waals surface area contributed by atoms with Crippen LogP contribution in [0.25, 0.3) is 93.9 Å². The summed E-state index contributed by atoms with van der Waals surface area (Å²) in [6.07, 6.45) is 0. The Labute approximate surface area is 366 Å². The van der Waals surface area contributed by atoms with Crippen LogP contribution in [0.15, 0.2) is 247 Å². The topological polar surface area (TPSA) is 21.3 Å². The zero-order valence-corrected chi connectivity index (χ0v) is 34.4. The number of hydrogen-bond donors (Lipinski definition) is 0. The number of para-hydroxylation sites is 4. The first-order chi connectivity index (χ1) is 31.2. The molecule has 10 aromatic carbocycles. The number of anilines is 3. The molecule has 0 atom stereocenters. The molecule has 0 aliphatic carbocycles. The molecule has 0 amide bonds. The van der Waals surface area contributed by atoms with Crippen LogP contribution in [0.2, 0.25) is 0 Å². The van der Waals surface area contributed by atoms with E-state index >= 15 is 0 Å². The molecule has 3 nitrogen and oxygen atoms in total. The molecule has 12 rings (SSSR count). The van der Waals surface area contributed by atoms with Gasteiger partial charge in [0.1, 0.15) is 11.2 Å². The zero-order valence-electron chi connectivity index (χ0n) is 34.4. The second kappa shape index (κ2) is 15.3. The van der Waals surface area contributed by atoms with E-state index in [0.29, 0.717) is 0 Å². The van der Waals surface area contributed by atoms with Gasteiger partial charge in [-0.05, 0) is 100 Å². The van der Waals surface area contributed by atoms with Gasteiger partial charge in [-0.15, -0.1) is 0 Å². The van der Waals surface area contributed by atoms with Crippen LogP contribution in [0.4, 0.5) is 17.1 Å². The van der Waals surface area contributed by atoms with E-state index in [9.17, 15) is 0 Å². The van der Waals surface area contributed by atoms with Crippen molar-refractivity contribution < 1.29 is 4.42 Å².